The van der Waals surface area contributed by atoms with E-state index in [0.717, 1.165) is 24.0 Å². The molecule has 1 saturated heterocycles. The molecule has 2 heterocycles. The average Bonchev–Trinajstić information content (AvgIpc) is 3.38. The van der Waals surface area contributed by atoms with Crippen LogP contribution < -0.4 is 16.0 Å². The Morgan fingerprint density at radius 3 is 2.50 bits per heavy atom. The standard InChI is InChI=1S/C17H20B2Cl2N4O3/c1-7-9-4-11(20)12(21)5-10(9)17(18,19)25(7)15(28)22-6-16(8-2-3-8)13(26)23-14(27)24-16/h4-5,7-8H,2-3,6,18-19H2,1H3,(H,22,28)(H2,23,24,26,27)/t7?,16-/m0/s1. The Morgan fingerprint density at radius 2 is 1.93 bits per heavy atom. The van der Waals surface area contributed by atoms with E-state index in [2.05, 4.69) is 16.0 Å². The normalized spacial score (nSPS) is 28.0. The first-order chi connectivity index (χ1) is 13.1. The SMILES string of the molecule is BC1(B)c2cc(Cl)c(Cl)cc2C(C)N1C(=O)NC[C@@]1(C2CC2)NC(=O)NC1=O. The van der Waals surface area contributed by atoms with Gasteiger partial charge in [0.25, 0.3) is 5.91 Å². The minimum atomic E-state index is -1.07. The van der Waals surface area contributed by atoms with Gasteiger partial charge in [-0.2, -0.15) is 0 Å². The maximum absolute atomic E-state index is 13.1. The summed E-state index contributed by atoms with van der Waals surface area (Å²) in [5, 5.41) is 8.17. The van der Waals surface area contributed by atoms with Gasteiger partial charge in [-0.25, -0.2) is 9.59 Å². The first-order valence-electron chi connectivity index (χ1n) is 9.28. The van der Waals surface area contributed by atoms with Crippen molar-refractivity contribution >= 4 is 56.9 Å². The Kier molecular flexibility index (Phi) is 4.39. The average molecular weight is 421 g/mol. The van der Waals surface area contributed by atoms with Crippen molar-refractivity contribution in [2.24, 2.45) is 5.92 Å². The first kappa shape index (κ1) is 19.5. The van der Waals surface area contributed by atoms with Crippen LogP contribution in [0.1, 0.15) is 36.9 Å². The number of amides is 5. The summed E-state index contributed by atoms with van der Waals surface area (Å²) in [4.78, 5) is 38.9. The summed E-state index contributed by atoms with van der Waals surface area (Å²) in [7, 11) is 3.89. The molecule has 0 radical (unpaired) electrons. The van der Waals surface area contributed by atoms with Crippen molar-refractivity contribution in [2.45, 2.75) is 36.7 Å². The number of benzene rings is 1. The van der Waals surface area contributed by atoms with E-state index < -0.39 is 16.9 Å². The first-order valence-corrected chi connectivity index (χ1v) is 10.0. The van der Waals surface area contributed by atoms with Gasteiger partial charge in [0.1, 0.15) is 21.2 Å². The Bertz CT molecular complexity index is 909. The van der Waals surface area contributed by atoms with Crippen molar-refractivity contribution in [3.8, 4) is 0 Å². The van der Waals surface area contributed by atoms with E-state index in [1.165, 1.54) is 0 Å². The molecule has 4 rings (SSSR count). The fraction of sp³-hybridized carbons (Fsp3) is 0.471. The van der Waals surface area contributed by atoms with Gasteiger partial charge in [-0.3, -0.25) is 10.1 Å². The molecule has 3 aliphatic rings. The number of hydrogen-bond acceptors (Lipinski definition) is 3. The van der Waals surface area contributed by atoms with Gasteiger partial charge < -0.3 is 15.5 Å². The number of fused-ring (bicyclic) bond motifs is 1. The predicted octanol–water partition coefficient (Wildman–Crippen LogP) is 0.444. The maximum Gasteiger partial charge on any atom is 0.322 e. The highest BCUT2D eigenvalue weighted by Crippen LogP contribution is 2.46. The molecule has 0 spiro atoms. The largest absolute Gasteiger partial charge is 0.335 e. The van der Waals surface area contributed by atoms with Gasteiger partial charge in [0.2, 0.25) is 0 Å². The number of hydrogen-bond donors (Lipinski definition) is 3. The summed E-state index contributed by atoms with van der Waals surface area (Å²) in [6, 6.07) is 2.56. The van der Waals surface area contributed by atoms with Gasteiger partial charge >= 0.3 is 12.1 Å². The van der Waals surface area contributed by atoms with Crippen molar-refractivity contribution < 1.29 is 14.4 Å². The molecule has 1 unspecified atom stereocenters. The van der Waals surface area contributed by atoms with Gasteiger partial charge in [-0.15, -0.1) is 0 Å². The summed E-state index contributed by atoms with van der Waals surface area (Å²) in [6.07, 6.45) is 1.69. The lowest BCUT2D eigenvalue weighted by atomic mass is 9.58. The van der Waals surface area contributed by atoms with E-state index in [9.17, 15) is 14.4 Å². The number of halogens is 2. The molecule has 3 N–H and O–H groups in total. The molecule has 1 aromatic carbocycles. The molecule has 2 aliphatic heterocycles. The number of carbonyl (C=O) groups is 3. The third-order valence-corrected chi connectivity index (χ3v) is 6.89. The molecule has 1 aromatic rings. The molecule has 2 fully saturated rings. The predicted molar refractivity (Wildman–Crippen MR) is 111 cm³/mol. The molecule has 28 heavy (non-hydrogen) atoms. The highest BCUT2D eigenvalue weighted by atomic mass is 35.5. The monoisotopic (exact) mass is 420 g/mol. The number of nitrogens with one attached hydrogen (secondary N) is 3. The molecule has 1 saturated carbocycles. The number of nitrogens with zero attached hydrogens (tertiary/aromatic N) is 1. The van der Waals surface area contributed by atoms with E-state index >= 15 is 0 Å². The van der Waals surface area contributed by atoms with Gasteiger partial charge in [-0.1, -0.05) is 23.2 Å². The van der Waals surface area contributed by atoms with Crippen LogP contribution in [0.15, 0.2) is 12.1 Å². The second-order valence-corrected chi connectivity index (χ2v) is 9.09. The second kappa shape index (κ2) is 6.32. The Hall–Kier alpha value is -1.86. The van der Waals surface area contributed by atoms with Crippen LogP contribution in [0.25, 0.3) is 0 Å². The molecule has 5 amide bonds. The molecule has 2 atom stereocenters. The molecule has 0 bridgehead atoms. The molecule has 7 nitrogen and oxygen atoms in total. The van der Waals surface area contributed by atoms with Crippen molar-refractivity contribution in [3.05, 3.63) is 33.3 Å². The van der Waals surface area contributed by atoms with E-state index in [-0.39, 0.29) is 30.4 Å². The van der Waals surface area contributed by atoms with Crippen molar-refractivity contribution in [2.75, 3.05) is 6.54 Å². The summed E-state index contributed by atoms with van der Waals surface area (Å²) >= 11 is 12.4. The lowest BCUT2D eigenvalue weighted by Crippen LogP contribution is -2.60. The molecular weight excluding hydrogens is 401 g/mol. The third kappa shape index (κ3) is 2.78. The van der Waals surface area contributed by atoms with E-state index in [1.54, 1.807) is 17.0 Å². The minimum Gasteiger partial charge on any atom is -0.335 e. The summed E-state index contributed by atoms with van der Waals surface area (Å²) in [6.45, 7) is 1.98. The van der Waals surface area contributed by atoms with E-state index in [0.29, 0.717) is 10.0 Å². The summed E-state index contributed by atoms with van der Waals surface area (Å²) in [5.41, 5.74) is 0.811. The highest BCUT2D eigenvalue weighted by molar-refractivity contribution is 6.43. The van der Waals surface area contributed by atoms with Crippen LogP contribution in [0.5, 0.6) is 0 Å². The molecule has 0 aromatic heterocycles. The fourth-order valence-electron chi connectivity index (χ4n) is 4.56. The third-order valence-electron chi connectivity index (χ3n) is 6.17. The Labute approximate surface area is 174 Å². The van der Waals surface area contributed by atoms with Crippen LogP contribution in [0.3, 0.4) is 0 Å². The zero-order valence-corrected chi connectivity index (χ0v) is 17.4. The van der Waals surface area contributed by atoms with Crippen molar-refractivity contribution in [1.29, 1.82) is 0 Å². The fourth-order valence-corrected chi connectivity index (χ4v) is 4.89. The maximum atomic E-state index is 13.1. The summed E-state index contributed by atoms with van der Waals surface area (Å²) in [5.74, 6) is -0.339. The lowest BCUT2D eigenvalue weighted by Gasteiger charge is -2.37. The van der Waals surface area contributed by atoms with Crippen LogP contribution in [0.4, 0.5) is 9.59 Å². The van der Waals surface area contributed by atoms with Crippen LogP contribution >= 0.6 is 23.2 Å². The van der Waals surface area contributed by atoms with Crippen LogP contribution in [0.2, 0.25) is 10.0 Å². The van der Waals surface area contributed by atoms with Gasteiger partial charge in [0.15, 0.2) is 0 Å². The van der Waals surface area contributed by atoms with Crippen molar-refractivity contribution in [1.82, 2.24) is 20.9 Å². The Morgan fingerprint density at radius 1 is 1.29 bits per heavy atom. The van der Waals surface area contributed by atoms with E-state index in [1.807, 2.05) is 22.6 Å². The molecule has 11 heteroatoms. The summed E-state index contributed by atoms with van der Waals surface area (Å²) < 4.78 is 0. The Balaban J connectivity index is 1.57. The number of rotatable bonds is 3. The zero-order valence-electron chi connectivity index (χ0n) is 15.9. The highest BCUT2D eigenvalue weighted by Gasteiger charge is 2.56. The van der Waals surface area contributed by atoms with E-state index in [4.69, 9.17) is 23.2 Å². The number of carbonyl (C=O) groups excluding carboxylic acids is 3. The zero-order chi connectivity index (χ0) is 20.4. The van der Waals surface area contributed by atoms with Crippen molar-refractivity contribution in [3.63, 3.8) is 0 Å². The van der Waals surface area contributed by atoms with Crippen LogP contribution in [-0.4, -0.2) is 50.6 Å². The lowest BCUT2D eigenvalue weighted by molar-refractivity contribution is -0.124. The number of imide groups is 1. The quantitative estimate of drug-likeness (QED) is 0.489. The molecule has 146 valence electrons. The van der Waals surface area contributed by atoms with Gasteiger partial charge in [0.05, 0.1) is 22.6 Å². The number of urea groups is 2. The topological polar surface area (TPSA) is 90.5 Å². The smallest absolute Gasteiger partial charge is 0.322 e. The minimum absolute atomic E-state index is 0.0399. The molecule has 1 aliphatic carbocycles. The van der Waals surface area contributed by atoms with Gasteiger partial charge in [-0.05, 0) is 48.9 Å². The van der Waals surface area contributed by atoms with Crippen LogP contribution in [0, 0.1) is 5.92 Å². The second-order valence-electron chi connectivity index (χ2n) is 8.27. The molecular formula is C17H20B2Cl2N4O3. The van der Waals surface area contributed by atoms with Gasteiger partial charge in [0, 0.05) is 5.34 Å². The van der Waals surface area contributed by atoms with Crippen LogP contribution in [-0.2, 0) is 10.1 Å².